The minimum absolute atomic E-state index is 0.572. The Labute approximate surface area is 320 Å². The number of fused-ring (bicyclic) bond motifs is 6. The summed E-state index contributed by atoms with van der Waals surface area (Å²) in [5, 5.41) is 2.95. The number of nitrogens with zero attached hydrogens (tertiary/aromatic N) is 5. The molecule has 0 amide bonds. The quantitative estimate of drug-likeness (QED) is 0.169. The third-order valence-electron chi connectivity index (χ3n) is 10.2. The van der Waals surface area contributed by atoms with Gasteiger partial charge < -0.3 is 8.83 Å². The molecular formula is C49H29N5O2. The zero-order valence-electron chi connectivity index (χ0n) is 29.8. The first-order valence-corrected chi connectivity index (χ1v) is 18.4. The number of para-hydroxylation sites is 2. The van der Waals surface area contributed by atoms with Crippen LogP contribution in [0.3, 0.4) is 0 Å². The second kappa shape index (κ2) is 13.0. The van der Waals surface area contributed by atoms with E-state index in [4.69, 9.17) is 33.8 Å². The Morgan fingerprint density at radius 1 is 0.304 bits per heavy atom. The molecule has 7 heteroatoms. The molecule has 56 heavy (non-hydrogen) atoms. The van der Waals surface area contributed by atoms with Crippen LogP contribution < -0.4 is 0 Å². The molecule has 7 aromatic carbocycles. The molecule has 0 aliphatic heterocycles. The van der Waals surface area contributed by atoms with Crippen LogP contribution in [0.15, 0.2) is 185 Å². The number of hydrogen-bond acceptors (Lipinski definition) is 7. The maximum atomic E-state index is 6.73. The van der Waals surface area contributed by atoms with Crippen LogP contribution in [-0.4, -0.2) is 24.9 Å². The topological polar surface area (TPSA) is 90.7 Å². The summed E-state index contributed by atoms with van der Waals surface area (Å²) in [4.78, 5) is 25.0. The summed E-state index contributed by atoms with van der Waals surface area (Å²) in [5.41, 5.74) is 11.0. The van der Waals surface area contributed by atoms with Crippen molar-refractivity contribution in [1.29, 1.82) is 0 Å². The van der Waals surface area contributed by atoms with Gasteiger partial charge in [-0.25, -0.2) is 24.9 Å². The van der Waals surface area contributed by atoms with E-state index in [2.05, 4.69) is 36.4 Å². The lowest BCUT2D eigenvalue weighted by molar-refractivity contribution is 0.666. The predicted octanol–water partition coefficient (Wildman–Crippen LogP) is 12.5. The summed E-state index contributed by atoms with van der Waals surface area (Å²) in [6, 6.07) is 58.9. The molecule has 0 unspecified atom stereocenters. The smallest absolute Gasteiger partial charge is 0.180 e. The molecule has 0 aliphatic rings. The van der Waals surface area contributed by atoms with Crippen molar-refractivity contribution in [2.75, 3.05) is 0 Å². The summed E-state index contributed by atoms with van der Waals surface area (Å²) in [6.07, 6.45) is 0. The van der Waals surface area contributed by atoms with Crippen LogP contribution in [0.1, 0.15) is 0 Å². The van der Waals surface area contributed by atoms with Crippen LogP contribution in [0.25, 0.3) is 112 Å². The zero-order chi connectivity index (χ0) is 37.0. The van der Waals surface area contributed by atoms with Crippen molar-refractivity contribution in [3.8, 4) is 67.9 Å². The van der Waals surface area contributed by atoms with E-state index in [-0.39, 0.29) is 0 Å². The number of aromatic nitrogens is 5. The van der Waals surface area contributed by atoms with Gasteiger partial charge in [0.05, 0.1) is 5.56 Å². The fraction of sp³-hybridized carbons (Fsp3) is 0. The lowest BCUT2D eigenvalue weighted by atomic mass is 10.0. The highest BCUT2D eigenvalue weighted by Gasteiger charge is 2.21. The molecule has 11 aromatic rings. The Kier molecular flexibility index (Phi) is 7.35. The summed E-state index contributed by atoms with van der Waals surface area (Å²) in [6.45, 7) is 0. The van der Waals surface area contributed by atoms with Crippen molar-refractivity contribution in [3.05, 3.63) is 176 Å². The maximum Gasteiger partial charge on any atom is 0.180 e. The van der Waals surface area contributed by atoms with E-state index < -0.39 is 0 Å². The van der Waals surface area contributed by atoms with E-state index in [9.17, 15) is 0 Å². The largest absolute Gasteiger partial charge is 0.455 e. The average Bonchev–Trinajstić information content (AvgIpc) is 3.85. The number of benzene rings is 7. The van der Waals surface area contributed by atoms with E-state index >= 15 is 0 Å². The monoisotopic (exact) mass is 719 g/mol. The number of hydrogen-bond donors (Lipinski definition) is 0. The Morgan fingerprint density at radius 3 is 1.59 bits per heavy atom. The molecule has 0 saturated heterocycles. The Bertz CT molecular complexity index is 3190. The standard InChI is InChI=1S/C49H29N5O2/c1-4-14-30(15-5-1)42-45-43(38-22-10-11-25-40(38)55-45)51-49(50-42)39-24-13-23-37-36-27-26-34(29-41(36)56-44(37)39)33-20-12-21-35(28-33)48-53-46(31-16-6-2-7-17-31)52-47(54-48)32-18-8-3-9-19-32/h1-29H. The molecule has 0 radical (unpaired) electrons. The van der Waals surface area contributed by atoms with Gasteiger partial charge in [-0.2, -0.15) is 0 Å². The van der Waals surface area contributed by atoms with Crippen LogP contribution in [0.5, 0.6) is 0 Å². The number of rotatable bonds is 6. The molecule has 0 aliphatic carbocycles. The summed E-state index contributed by atoms with van der Waals surface area (Å²) < 4.78 is 13.1. The van der Waals surface area contributed by atoms with Crippen molar-refractivity contribution in [3.63, 3.8) is 0 Å². The maximum absolute atomic E-state index is 6.73. The molecule has 7 nitrogen and oxygen atoms in total. The van der Waals surface area contributed by atoms with Gasteiger partial charge >= 0.3 is 0 Å². The minimum Gasteiger partial charge on any atom is -0.455 e. The molecule has 262 valence electrons. The molecule has 0 fully saturated rings. The fourth-order valence-corrected chi connectivity index (χ4v) is 7.43. The lowest BCUT2D eigenvalue weighted by Gasteiger charge is -2.09. The van der Waals surface area contributed by atoms with Crippen LogP contribution in [-0.2, 0) is 0 Å². The molecular weight excluding hydrogens is 691 g/mol. The second-order valence-electron chi connectivity index (χ2n) is 13.7. The van der Waals surface area contributed by atoms with Gasteiger partial charge in [-0.3, -0.25) is 0 Å². The minimum atomic E-state index is 0.572. The van der Waals surface area contributed by atoms with Crippen LogP contribution >= 0.6 is 0 Å². The normalized spacial score (nSPS) is 11.6. The summed E-state index contributed by atoms with van der Waals surface area (Å²) in [5.74, 6) is 2.42. The van der Waals surface area contributed by atoms with Gasteiger partial charge in [0.15, 0.2) is 28.9 Å². The van der Waals surface area contributed by atoms with E-state index in [0.29, 0.717) is 28.9 Å². The van der Waals surface area contributed by atoms with Gasteiger partial charge in [0.25, 0.3) is 0 Å². The molecule has 4 heterocycles. The summed E-state index contributed by atoms with van der Waals surface area (Å²) >= 11 is 0. The third-order valence-corrected chi connectivity index (χ3v) is 10.2. The first-order chi connectivity index (χ1) is 27.7. The van der Waals surface area contributed by atoms with Crippen molar-refractivity contribution in [1.82, 2.24) is 24.9 Å². The van der Waals surface area contributed by atoms with Crippen LogP contribution in [0, 0.1) is 0 Å². The molecule has 0 bridgehead atoms. The van der Waals surface area contributed by atoms with Crippen molar-refractivity contribution >= 4 is 44.0 Å². The second-order valence-corrected chi connectivity index (χ2v) is 13.7. The lowest BCUT2D eigenvalue weighted by Crippen LogP contribution is -2.00. The van der Waals surface area contributed by atoms with Gasteiger partial charge in [0.1, 0.15) is 28.0 Å². The van der Waals surface area contributed by atoms with E-state index in [1.165, 1.54) is 0 Å². The Balaban J connectivity index is 1.03. The van der Waals surface area contributed by atoms with E-state index in [0.717, 1.165) is 83.1 Å². The molecule has 11 rings (SSSR count). The highest BCUT2D eigenvalue weighted by atomic mass is 16.3. The number of furan rings is 2. The van der Waals surface area contributed by atoms with Gasteiger partial charge in [0, 0.05) is 38.4 Å². The third kappa shape index (κ3) is 5.41. The average molecular weight is 720 g/mol. The Morgan fingerprint density at radius 2 is 0.857 bits per heavy atom. The van der Waals surface area contributed by atoms with Crippen LogP contribution in [0.2, 0.25) is 0 Å². The van der Waals surface area contributed by atoms with Gasteiger partial charge in [-0.05, 0) is 47.5 Å². The van der Waals surface area contributed by atoms with Crippen LogP contribution in [0.4, 0.5) is 0 Å². The fourth-order valence-electron chi connectivity index (χ4n) is 7.43. The Hall–Kier alpha value is -7.77. The van der Waals surface area contributed by atoms with Gasteiger partial charge in [-0.15, -0.1) is 0 Å². The molecule has 4 aromatic heterocycles. The highest BCUT2D eigenvalue weighted by Crippen LogP contribution is 2.40. The first kappa shape index (κ1) is 31.7. The molecule has 0 spiro atoms. The van der Waals surface area contributed by atoms with Crippen molar-refractivity contribution in [2.24, 2.45) is 0 Å². The van der Waals surface area contributed by atoms with E-state index in [1.54, 1.807) is 0 Å². The van der Waals surface area contributed by atoms with Gasteiger partial charge in [0.2, 0.25) is 0 Å². The molecule has 0 saturated carbocycles. The van der Waals surface area contributed by atoms with Crippen molar-refractivity contribution < 1.29 is 8.83 Å². The van der Waals surface area contributed by atoms with E-state index in [1.807, 2.05) is 140 Å². The summed E-state index contributed by atoms with van der Waals surface area (Å²) in [7, 11) is 0. The van der Waals surface area contributed by atoms with Gasteiger partial charge in [-0.1, -0.05) is 140 Å². The molecule has 0 atom stereocenters. The zero-order valence-corrected chi connectivity index (χ0v) is 29.8. The first-order valence-electron chi connectivity index (χ1n) is 18.4. The van der Waals surface area contributed by atoms with Crippen molar-refractivity contribution in [2.45, 2.75) is 0 Å². The predicted molar refractivity (Wildman–Crippen MR) is 223 cm³/mol. The molecule has 0 N–H and O–H groups in total. The SMILES string of the molecule is c1ccc(-c2nc(-c3ccccc3)nc(-c3cccc(-c4ccc5c(c4)oc4c(-c6nc(-c7ccccc7)c7oc8ccccc8c7n6)cccc45)c3)n2)cc1. The highest BCUT2D eigenvalue weighted by molar-refractivity contribution is 6.11.